The number of hydrogen-bond acceptors (Lipinski definition) is 3. The van der Waals surface area contributed by atoms with E-state index in [1.807, 2.05) is 0 Å². The zero-order chi connectivity index (χ0) is 14.6. The molecule has 1 unspecified atom stereocenters. The molecule has 0 spiro atoms. The van der Waals surface area contributed by atoms with Crippen molar-refractivity contribution in [2.24, 2.45) is 17.6 Å². The van der Waals surface area contributed by atoms with Gasteiger partial charge in [-0.1, -0.05) is 25.6 Å². The first-order chi connectivity index (χ1) is 9.57. The van der Waals surface area contributed by atoms with E-state index in [-0.39, 0.29) is 11.8 Å². The van der Waals surface area contributed by atoms with Crippen LogP contribution in [0, 0.1) is 11.8 Å². The Balaban J connectivity index is 1.98. The molecule has 0 radical (unpaired) electrons. The smallest absolute Gasteiger partial charge is 0.226 e. The van der Waals surface area contributed by atoms with E-state index in [2.05, 4.69) is 12.2 Å². The normalized spacial score (nSPS) is 34.5. The Hall–Kier alpha value is -0.680. The largest absolute Gasteiger partial charge is 0.391 e. The first-order valence-corrected chi connectivity index (χ1v) is 8.18. The maximum absolute atomic E-state index is 12.4. The molecule has 1 aliphatic carbocycles. The topological polar surface area (TPSA) is 64.3 Å². The molecule has 2 rings (SSSR count). The molecule has 0 aromatic rings. The van der Waals surface area contributed by atoms with Gasteiger partial charge in [0.25, 0.3) is 0 Å². The molecule has 1 saturated heterocycles. The molecule has 5 heteroatoms. The standard InChI is InChI=1S/C15H26N2O2S/c1-2-11-5-7-15(8-6-11,14(16)20)17-13(18)12-4-3-9-19-10-12/h11-12H,2-10H2,1H3,(H2,16,20)(H,17,18). The van der Waals surface area contributed by atoms with Crippen molar-refractivity contribution in [2.45, 2.75) is 57.4 Å². The Kier molecular flexibility index (Phi) is 5.38. The van der Waals surface area contributed by atoms with Crippen molar-refractivity contribution < 1.29 is 9.53 Å². The molecule has 1 amide bonds. The van der Waals surface area contributed by atoms with Crippen LogP contribution in [0.1, 0.15) is 51.9 Å². The fourth-order valence-corrected chi connectivity index (χ4v) is 3.55. The molecule has 4 nitrogen and oxygen atoms in total. The number of ether oxygens (including phenoxy) is 1. The molecule has 2 fully saturated rings. The van der Waals surface area contributed by atoms with Crippen LogP contribution in [0.4, 0.5) is 0 Å². The van der Waals surface area contributed by atoms with Crippen molar-refractivity contribution in [3.8, 4) is 0 Å². The maximum Gasteiger partial charge on any atom is 0.226 e. The summed E-state index contributed by atoms with van der Waals surface area (Å²) in [6.45, 7) is 3.51. The van der Waals surface area contributed by atoms with Crippen LogP contribution in [-0.2, 0) is 9.53 Å². The third-order valence-corrected chi connectivity index (χ3v) is 5.29. The van der Waals surface area contributed by atoms with Gasteiger partial charge in [0.15, 0.2) is 0 Å². The molecule has 0 aromatic carbocycles. The summed E-state index contributed by atoms with van der Waals surface area (Å²) in [7, 11) is 0. The Labute approximate surface area is 126 Å². The minimum Gasteiger partial charge on any atom is -0.391 e. The summed E-state index contributed by atoms with van der Waals surface area (Å²) in [6.07, 6.45) is 6.98. The minimum absolute atomic E-state index is 0.0427. The maximum atomic E-state index is 12.4. The lowest BCUT2D eigenvalue weighted by Crippen LogP contribution is -2.59. The molecule has 1 atom stereocenters. The predicted octanol–water partition coefficient (Wildman–Crippen LogP) is 2.15. The summed E-state index contributed by atoms with van der Waals surface area (Å²) < 4.78 is 5.40. The van der Waals surface area contributed by atoms with E-state index >= 15 is 0 Å². The molecular formula is C15H26N2O2S. The number of thiocarbonyl (C=S) groups is 1. The molecule has 1 heterocycles. The highest BCUT2D eigenvalue weighted by molar-refractivity contribution is 7.80. The zero-order valence-electron chi connectivity index (χ0n) is 12.3. The van der Waals surface area contributed by atoms with Gasteiger partial charge >= 0.3 is 0 Å². The number of carbonyl (C=O) groups is 1. The Morgan fingerprint density at radius 3 is 2.60 bits per heavy atom. The lowest BCUT2D eigenvalue weighted by atomic mass is 9.75. The van der Waals surface area contributed by atoms with E-state index in [4.69, 9.17) is 22.7 Å². The minimum atomic E-state index is -0.463. The van der Waals surface area contributed by atoms with Gasteiger partial charge in [0.05, 0.1) is 23.1 Å². The van der Waals surface area contributed by atoms with Gasteiger partial charge in [0.1, 0.15) is 0 Å². The molecule has 1 saturated carbocycles. The molecule has 114 valence electrons. The average molecular weight is 298 g/mol. The van der Waals surface area contributed by atoms with Gasteiger partial charge in [-0.15, -0.1) is 0 Å². The van der Waals surface area contributed by atoms with Crippen molar-refractivity contribution >= 4 is 23.1 Å². The fraction of sp³-hybridized carbons (Fsp3) is 0.867. The Morgan fingerprint density at radius 2 is 2.10 bits per heavy atom. The molecule has 1 aliphatic heterocycles. The highest BCUT2D eigenvalue weighted by Gasteiger charge is 2.40. The summed E-state index contributed by atoms with van der Waals surface area (Å²) >= 11 is 5.25. The van der Waals surface area contributed by atoms with E-state index in [1.165, 1.54) is 6.42 Å². The number of nitrogens with one attached hydrogen (secondary N) is 1. The monoisotopic (exact) mass is 298 g/mol. The summed E-state index contributed by atoms with van der Waals surface area (Å²) in [5.74, 6) is 0.763. The quantitative estimate of drug-likeness (QED) is 0.781. The van der Waals surface area contributed by atoms with Crippen LogP contribution in [0.2, 0.25) is 0 Å². The lowest BCUT2D eigenvalue weighted by molar-refractivity contribution is -0.130. The van der Waals surface area contributed by atoms with Crippen molar-refractivity contribution in [3.63, 3.8) is 0 Å². The van der Waals surface area contributed by atoms with Crippen LogP contribution in [0.3, 0.4) is 0 Å². The van der Waals surface area contributed by atoms with Crippen molar-refractivity contribution in [1.82, 2.24) is 5.32 Å². The third kappa shape index (κ3) is 3.50. The Morgan fingerprint density at radius 1 is 1.40 bits per heavy atom. The van der Waals surface area contributed by atoms with Crippen LogP contribution in [0.5, 0.6) is 0 Å². The summed E-state index contributed by atoms with van der Waals surface area (Å²) in [5, 5.41) is 3.16. The fourth-order valence-electron chi connectivity index (χ4n) is 3.30. The van der Waals surface area contributed by atoms with E-state index in [0.717, 1.165) is 51.0 Å². The number of amides is 1. The number of carbonyl (C=O) groups excluding carboxylic acids is 1. The van der Waals surface area contributed by atoms with E-state index in [1.54, 1.807) is 0 Å². The third-order valence-electron chi connectivity index (χ3n) is 4.90. The van der Waals surface area contributed by atoms with Crippen molar-refractivity contribution in [2.75, 3.05) is 13.2 Å². The van der Waals surface area contributed by atoms with Crippen LogP contribution in [-0.4, -0.2) is 29.6 Å². The molecule has 0 aromatic heterocycles. The first-order valence-electron chi connectivity index (χ1n) is 7.77. The number of rotatable bonds is 4. The lowest BCUT2D eigenvalue weighted by Gasteiger charge is -2.41. The van der Waals surface area contributed by atoms with E-state index in [9.17, 15) is 4.79 Å². The second-order valence-electron chi connectivity index (χ2n) is 6.20. The zero-order valence-corrected chi connectivity index (χ0v) is 13.1. The molecule has 2 aliphatic rings. The molecule has 20 heavy (non-hydrogen) atoms. The van der Waals surface area contributed by atoms with Gasteiger partial charge in [0.2, 0.25) is 5.91 Å². The number of nitrogens with two attached hydrogens (primary N) is 1. The molecule has 3 N–H and O–H groups in total. The summed E-state index contributed by atoms with van der Waals surface area (Å²) in [5.41, 5.74) is 5.49. The Bertz CT molecular complexity index is 359. The van der Waals surface area contributed by atoms with Gasteiger partial charge in [-0.25, -0.2) is 0 Å². The van der Waals surface area contributed by atoms with Gasteiger partial charge in [-0.3, -0.25) is 4.79 Å². The van der Waals surface area contributed by atoms with Gasteiger partial charge in [-0.2, -0.15) is 0 Å². The highest BCUT2D eigenvalue weighted by Crippen LogP contribution is 2.34. The van der Waals surface area contributed by atoms with Gasteiger partial charge < -0.3 is 15.8 Å². The van der Waals surface area contributed by atoms with E-state index < -0.39 is 5.54 Å². The first kappa shape index (κ1) is 15.7. The van der Waals surface area contributed by atoms with Crippen LogP contribution < -0.4 is 11.1 Å². The predicted molar refractivity (Wildman–Crippen MR) is 83.5 cm³/mol. The SMILES string of the molecule is CCC1CCC(NC(=O)C2CCCOC2)(C(N)=S)CC1. The van der Waals surface area contributed by atoms with Gasteiger partial charge in [-0.05, 0) is 44.4 Å². The van der Waals surface area contributed by atoms with Crippen molar-refractivity contribution in [3.05, 3.63) is 0 Å². The van der Waals surface area contributed by atoms with Crippen molar-refractivity contribution in [1.29, 1.82) is 0 Å². The second kappa shape index (κ2) is 6.85. The van der Waals surface area contributed by atoms with E-state index in [0.29, 0.717) is 11.6 Å². The molecule has 0 bridgehead atoms. The molecular weight excluding hydrogens is 272 g/mol. The summed E-state index contributed by atoms with van der Waals surface area (Å²) in [6, 6.07) is 0. The highest BCUT2D eigenvalue weighted by atomic mass is 32.1. The van der Waals surface area contributed by atoms with Gasteiger partial charge in [0, 0.05) is 6.61 Å². The van der Waals surface area contributed by atoms with Crippen LogP contribution in [0.15, 0.2) is 0 Å². The number of hydrogen-bond donors (Lipinski definition) is 2. The van der Waals surface area contributed by atoms with Crippen LogP contribution in [0.25, 0.3) is 0 Å². The van der Waals surface area contributed by atoms with Crippen LogP contribution >= 0.6 is 12.2 Å². The second-order valence-corrected chi connectivity index (χ2v) is 6.64. The summed E-state index contributed by atoms with van der Waals surface area (Å²) in [4.78, 5) is 12.9. The average Bonchev–Trinajstić information content (AvgIpc) is 2.48.